The van der Waals surface area contributed by atoms with Gasteiger partial charge in [0, 0.05) is 17.8 Å². The molecule has 0 spiro atoms. The Balaban J connectivity index is 2.31. The van der Waals surface area contributed by atoms with Crippen LogP contribution in [0.25, 0.3) is 0 Å². The lowest BCUT2D eigenvalue weighted by atomic mass is 9.92. The van der Waals surface area contributed by atoms with Crippen molar-refractivity contribution >= 4 is 0 Å². The second-order valence-electron chi connectivity index (χ2n) is 3.46. The van der Waals surface area contributed by atoms with Crippen LogP contribution in [0.3, 0.4) is 0 Å². The molecule has 3 nitrogen and oxygen atoms in total. The normalized spacial score (nSPS) is 20.9. The van der Waals surface area contributed by atoms with Crippen LogP contribution in [-0.4, -0.2) is 18.1 Å². The van der Waals surface area contributed by atoms with Crippen LogP contribution in [0.1, 0.15) is 17.7 Å². The highest BCUT2D eigenvalue weighted by Crippen LogP contribution is 2.21. The zero-order valence-corrected chi connectivity index (χ0v) is 7.79. The number of aryl methyl sites for hydroxylation is 1. The number of pyridine rings is 1. The molecule has 3 heteroatoms. The smallest absolute Gasteiger partial charge is 0.213 e. The van der Waals surface area contributed by atoms with Gasteiger partial charge in [0.2, 0.25) is 5.88 Å². The van der Waals surface area contributed by atoms with Crippen molar-refractivity contribution in [2.75, 3.05) is 7.11 Å². The highest BCUT2D eigenvalue weighted by molar-refractivity contribution is 5.28. The number of rotatable bonds is 1. The molecule has 0 saturated heterocycles. The SMILES string of the molecule is COc1ccc2c(n1)CC[C@H](N)C2. The largest absolute Gasteiger partial charge is 0.481 e. The lowest BCUT2D eigenvalue weighted by molar-refractivity contribution is 0.394. The minimum atomic E-state index is 0.308. The van der Waals surface area contributed by atoms with E-state index in [1.165, 1.54) is 5.56 Å². The average Bonchev–Trinajstić information content (AvgIpc) is 2.17. The van der Waals surface area contributed by atoms with E-state index in [0.717, 1.165) is 25.0 Å². The fraction of sp³-hybridized carbons (Fsp3) is 0.500. The Morgan fingerprint density at radius 1 is 1.54 bits per heavy atom. The van der Waals surface area contributed by atoms with Crippen LogP contribution >= 0.6 is 0 Å². The topological polar surface area (TPSA) is 48.1 Å². The van der Waals surface area contributed by atoms with Gasteiger partial charge < -0.3 is 10.5 Å². The fourth-order valence-corrected chi connectivity index (χ4v) is 1.73. The summed E-state index contributed by atoms with van der Waals surface area (Å²) in [7, 11) is 1.64. The average molecular weight is 178 g/mol. The molecule has 1 heterocycles. The summed E-state index contributed by atoms with van der Waals surface area (Å²) in [4.78, 5) is 4.39. The minimum Gasteiger partial charge on any atom is -0.481 e. The monoisotopic (exact) mass is 178 g/mol. The number of methoxy groups -OCH3 is 1. The van der Waals surface area contributed by atoms with Crippen molar-refractivity contribution in [2.45, 2.75) is 25.3 Å². The molecule has 0 amide bonds. The van der Waals surface area contributed by atoms with Crippen LogP contribution in [-0.2, 0) is 12.8 Å². The third-order valence-corrected chi connectivity index (χ3v) is 2.49. The van der Waals surface area contributed by atoms with Gasteiger partial charge in [-0.1, -0.05) is 6.07 Å². The van der Waals surface area contributed by atoms with E-state index in [2.05, 4.69) is 11.1 Å². The first-order chi connectivity index (χ1) is 6.29. The van der Waals surface area contributed by atoms with E-state index in [1.807, 2.05) is 6.07 Å². The van der Waals surface area contributed by atoms with E-state index in [4.69, 9.17) is 10.5 Å². The molecule has 13 heavy (non-hydrogen) atoms. The summed E-state index contributed by atoms with van der Waals surface area (Å²) in [6, 6.07) is 4.28. The van der Waals surface area contributed by atoms with Gasteiger partial charge in [0.05, 0.1) is 7.11 Å². The summed E-state index contributed by atoms with van der Waals surface area (Å²) in [5, 5.41) is 0. The molecule has 0 fully saturated rings. The van der Waals surface area contributed by atoms with Crippen molar-refractivity contribution in [3.05, 3.63) is 23.4 Å². The lowest BCUT2D eigenvalue weighted by Crippen LogP contribution is -2.28. The fourth-order valence-electron chi connectivity index (χ4n) is 1.73. The number of nitrogens with two attached hydrogens (primary N) is 1. The lowest BCUT2D eigenvalue weighted by Gasteiger charge is -2.20. The first-order valence-corrected chi connectivity index (χ1v) is 4.58. The van der Waals surface area contributed by atoms with E-state index < -0.39 is 0 Å². The number of hydrogen-bond donors (Lipinski definition) is 1. The van der Waals surface area contributed by atoms with E-state index in [-0.39, 0.29) is 0 Å². The summed E-state index contributed by atoms with van der Waals surface area (Å²) in [5.41, 5.74) is 8.29. The van der Waals surface area contributed by atoms with Gasteiger partial charge in [-0.05, 0) is 24.8 Å². The Labute approximate surface area is 77.9 Å². The second-order valence-corrected chi connectivity index (χ2v) is 3.46. The maximum absolute atomic E-state index is 5.86. The molecule has 0 bridgehead atoms. The van der Waals surface area contributed by atoms with Gasteiger partial charge >= 0.3 is 0 Å². The summed E-state index contributed by atoms with van der Waals surface area (Å²) in [5.74, 6) is 0.703. The van der Waals surface area contributed by atoms with Gasteiger partial charge in [0.15, 0.2) is 0 Å². The molecule has 1 aromatic heterocycles. The molecule has 1 aromatic rings. The van der Waals surface area contributed by atoms with Crippen molar-refractivity contribution < 1.29 is 4.74 Å². The van der Waals surface area contributed by atoms with Gasteiger partial charge in [-0.25, -0.2) is 4.98 Å². The Morgan fingerprint density at radius 3 is 3.15 bits per heavy atom. The number of aromatic nitrogens is 1. The summed E-state index contributed by atoms with van der Waals surface area (Å²) >= 11 is 0. The Kier molecular flexibility index (Phi) is 2.19. The van der Waals surface area contributed by atoms with Crippen LogP contribution in [0.4, 0.5) is 0 Å². The summed E-state index contributed by atoms with van der Waals surface area (Å²) in [6.07, 6.45) is 2.97. The zero-order valence-electron chi connectivity index (χ0n) is 7.79. The Hall–Kier alpha value is -1.09. The Morgan fingerprint density at radius 2 is 2.38 bits per heavy atom. The molecule has 70 valence electrons. The third kappa shape index (κ3) is 1.65. The molecular weight excluding hydrogens is 164 g/mol. The van der Waals surface area contributed by atoms with E-state index >= 15 is 0 Å². The number of nitrogens with zero attached hydrogens (tertiary/aromatic N) is 1. The molecule has 2 rings (SSSR count). The third-order valence-electron chi connectivity index (χ3n) is 2.49. The molecular formula is C10H14N2O. The van der Waals surface area contributed by atoms with Gasteiger partial charge in [-0.2, -0.15) is 0 Å². The second kappa shape index (κ2) is 3.34. The van der Waals surface area contributed by atoms with E-state index in [0.29, 0.717) is 11.9 Å². The predicted octanol–water partition coefficient (Wildman–Crippen LogP) is 0.906. The maximum atomic E-state index is 5.86. The van der Waals surface area contributed by atoms with Crippen molar-refractivity contribution in [3.8, 4) is 5.88 Å². The van der Waals surface area contributed by atoms with Crippen molar-refractivity contribution in [1.29, 1.82) is 0 Å². The van der Waals surface area contributed by atoms with Crippen molar-refractivity contribution in [2.24, 2.45) is 5.73 Å². The van der Waals surface area contributed by atoms with Gasteiger partial charge in [0.25, 0.3) is 0 Å². The van der Waals surface area contributed by atoms with Gasteiger partial charge in [-0.15, -0.1) is 0 Å². The molecule has 0 radical (unpaired) electrons. The van der Waals surface area contributed by atoms with E-state index in [1.54, 1.807) is 7.11 Å². The van der Waals surface area contributed by atoms with E-state index in [9.17, 15) is 0 Å². The first kappa shape index (κ1) is 8.51. The molecule has 1 atom stereocenters. The van der Waals surface area contributed by atoms with Crippen LogP contribution in [0, 0.1) is 0 Å². The minimum absolute atomic E-state index is 0.308. The van der Waals surface area contributed by atoms with Gasteiger partial charge in [0.1, 0.15) is 0 Å². The zero-order chi connectivity index (χ0) is 9.26. The van der Waals surface area contributed by atoms with Gasteiger partial charge in [-0.3, -0.25) is 0 Å². The number of ether oxygens (including phenoxy) is 1. The number of fused-ring (bicyclic) bond motifs is 1. The highest BCUT2D eigenvalue weighted by Gasteiger charge is 2.16. The summed E-state index contributed by atoms with van der Waals surface area (Å²) in [6.45, 7) is 0. The quantitative estimate of drug-likeness (QED) is 0.695. The van der Waals surface area contributed by atoms with Crippen LogP contribution in [0.15, 0.2) is 12.1 Å². The molecule has 2 N–H and O–H groups in total. The van der Waals surface area contributed by atoms with Crippen molar-refractivity contribution in [3.63, 3.8) is 0 Å². The summed E-state index contributed by atoms with van der Waals surface area (Å²) < 4.78 is 5.06. The molecule has 0 aromatic carbocycles. The predicted molar refractivity (Wildman–Crippen MR) is 50.8 cm³/mol. The standard InChI is InChI=1S/C10H14N2O/c1-13-10-5-2-7-6-8(11)3-4-9(7)12-10/h2,5,8H,3-4,6,11H2,1H3/t8-/m0/s1. The number of hydrogen-bond acceptors (Lipinski definition) is 3. The molecule has 1 aliphatic carbocycles. The highest BCUT2D eigenvalue weighted by atomic mass is 16.5. The first-order valence-electron chi connectivity index (χ1n) is 4.58. The molecule has 1 aliphatic rings. The molecule has 0 saturated carbocycles. The van der Waals surface area contributed by atoms with Crippen LogP contribution in [0.2, 0.25) is 0 Å². The van der Waals surface area contributed by atoms with Crippen LogP contribution < -0.4 is 10.5 Å². The molecule has 0 unspecified atom stereocenters. The Bertz CT molecular complexity index is 312. The van der Waals surface area contributed by atoms with Crippen molar-refractivity contribution in [1.82, 2.24) is 4.98 Å². The maximum Gasteiger partial charge on any atom is 0.213 e. The van der Waals surface area contributed by atoms with Crippen LogP contribution in [0.5, 0.6) is 5.88 Å². The molecule has 0 aliphatic heterocycles.